The smallest absolute Gasteiger partial charge is 0.233 e. The topological polar surface area (TPSA) is 61.6 Å². The van der Waals surface area contributed by atoms with Crippen LogP contribution in [0.2, 0.25) is 0 Å². The predicted molar refractivity (Wildman–Crippen MR) is 76.6 cm³/mol. The SMILES string of the molecule is NNC(=O)CCCN1CCN(c2ccccc2F)CC1. The highest BCUT2D eigenvalue weighted by Crippen LogP contribution is 2.20. The van der Waals surface area contributed by atoms with Gasteiger partial charge in [-0.2, -0.15) is 0 Å². The van der Waals surface area contributed by atoms with Crippen molar-refractivity contribution in [2.24, 2.45) is 5.84 Å². The Kier molecular flexibility index (Phi) is 5.31. The van der Waals surface area contributed by atoms with E-state index in [4.69, 9.17) is 5.84 Å². The van der Waals surface area contributed by atoms with Crippen molar-refractivity contribution >= 4 is 11.6 Å². The number of hydrogen-bond acceptors (Lipinski definition) is 4. The molecule has 2 rings (SSSR count). The van der Waals surface area contributed by atoms with E-state index in [-0.39, 0.29) is 11.7 Å². The molecule has 6 heteroatoms. The molecule has 0 bridgehead atoms. The highest BCUT2D eigenvalue weighted by molar-refractivity contribution is 5.75. The normalized spacial score (nSPS) is 16.2. The summed E-state index contributed by atoms with van der Waals surface area (Å²) < 4.78 is 13.7. The number of piperazine rings is 1. The van der Waals surface area contributed by atoms with Gasteiger partial charge in [0, 0.05) is 32.6 Å². The molecule has 3 N–H and O–H groups in total. The van der Waals surface area contributed by atoms with Crippen LogP contribution in [0.25, 0.3) is 0 Å². The number of para-hydroxylation sites is 1. The number of hydrogen-bond donors (Lipinski definition) is 2. The van der Waals surface area contributed by atoms with Crippen molar-refractivity contribution in [2.45, 2.75) is 12.8 Å². The second kappa shape index (κ2) is 7.21. The van der Waals surface area contributed by atoms with Gasteiger partial charge < -0.3 is 4.90 Å². The zero-order valence-electron chi connectivity index (χ0n) is 11.5. The van der Waals surface area contributed by atoms with Crippen LogP contribution in [0.1, 0.15) is 12.8 Å². The fourth-order valence-electron chi connectivity index (χ4n) is 2.46. The molecular weight excluding hydrogens is 259 g/mol. The van der Waals surface area contributed by atoms with Crippen LogP contribution in [0, 0.1) is 5.82 Å². The first kappa shape index (κ1) is 14.7. The summed E-state index contributed by atoms with van der Waals surface area (Å²) in [5.74, 6) is 4.74. The Morgan fingerprint density at radius 2 is 1.95 bits per heavy atom. The maximum Gasteiger partial charge on any atom is 0.233 e. The number of anilines is 1. The maximum atomic E-state index is 13.7. The molecule has 1 aliphatic heterocycles. The molecule has 5 nitrogen and oxygen atoms in total. The Morgan fingerprint density at radius 3 is 2.60 bits per heavy atom. The molecule has 0 unspecified atom stereocenters. The fourth-order valence-corrected chi connectivity index (χ4v) is 2.46. The summed E-state index contributed by atoms with van der Waals surface area (Å²) >= 11 is 0. The Bertz CT molecular complexity index is 447. The van der Waals surface area contributed by atoms with Crippen LogP contribution in [-0.2, 0) is 4.79 Å². The van der Waals surface area contributed by atoms with Crippen molar-refractivity contribution in [1.82, 2.24) is 10.3 Å². The van der Waals surface area contributed by atoms with Crippen molar-refractivity contribution in [3.05, 3.63) is 30.1 Å². The monoisotopic (exact) mass is 280 g/mol. The number of carbonyl (C=O) groups excluding carboxylic acids is 1. The number of amides is 1. The van der Waals surface area contributed by atoms with E-state index in [1.807, 2.05) is 12.1 Å². The summed E-state index contributed by atoms with van der Waals surface area (Å²) in [7, 11) is 0. The van der Waals surface area contributed by atoms with Gasteiger partial charge in [-0.05, 0) is 25.1 Å². The molecule has 0 spiro atoms. The number of hydrazine groups is 1. The third-order valence-corrected chi connectivity index (χ3v) is 3.60. The lowest BCUT2D eigenvalue weighted by atomic mass is 10.2. The number of nitrogens with one attached hydrogen (secondary N) is 1. The summed E-state index contributed by atoms with van der Waals surface area (Å²) in [6.07, 6.45) is 1.24. The lowest BCUT2D eigenvalue weighted by Gasteiger charge is -2.36. The van der Waals surface area contributed by atoms with Crippen molar-refractivity contribution < 1.29 is 9.18 Å². The van der Waals surface area contributed by atoms with Gasteiger partial charge in [-0.15, -0.1) is 0 Å². The zero-order chi connectivity index (χ0) is 14.4. The summed E-state index contributed by atoms with van der Waals surface area (Å²) in [4.78, 5) is 15.4. The molecule has 1 aromatic carbocycles. The minimum Gasteiger partial charge on any atom is -0.367 e. The second-order valence-corrected chi connectivity index (χ2v) is 4.95. The average molecular weight is 280 g/mol. The Labute approximate surface area is 118 Å². The molecule has 0 aromatic heterocycles. The van der Waals surface area contributed by atoms with Crippen LogP contribution in [-0.4, -0.2) is 43.5 Å². The lowest BCUT2D eigenvalue weighted by molar-refractivity contribution is -0.121. The molecular formula is C14H21FN4O. The van der Waals surface area contributed by atoms with Gasteiger partial charge in [-0.25, -0.2) is 10.2 Å². The first-order valence-corrected chi connectivity index (χ1v) is 6.92. The van der Waals surface area contributed by atoms with E-state index < -0.39 is 0 Å². The summed E-state index contributed by atoms with van der Waals surface area (Å²) in [5, 5.41) is 0. The first-order chi connectivity index (χ1) is 9.70. The lowest BCUT2D eigenvalue weighted by Crippen LogP contribution is -2.47. The molecule has 1 fully saturated rings. The van der Waals surface area contributed by atoms with Crippen molar-refractivity contribution in [3.63, 3.8) is 0 Å². The van der Waals surface area contributed by atoms with E-state index in [9.17, 15) is 9.18 Å². The van der Waals surface area contributed by atoms with E-state index in [2.05, 4.69) is 15.2 Å². The van der Waals surface area contributed by atoms with Crippen molar-refractivity contribution in [3.8, 4) is 0 Å². The summed E-state index contributed by atoms with van der Waals surface area (Å²) in [5.41, 5.74) is 2.81. The van der Waals surface area contributed by atoms with E-state index in [1.165, 1.54) is 6.07 Å². The summed E-state index contributed by atoms with van der Waals surface area (Å²) in [6.45, 7) is 4.27. The highest BCUT2D eigenvalue weighted by atomic mass is 19.1. The Balaban J connectivity index is 1.75. The van der Waals surface area contributed by atoms with E-state index in [0.717, 1.165) is 39.1 Å². The number of rotatable bonds is 5. The van der Waals surface area contributed by atoms with E-state index in [1.54, 1.807) is 6.07 Å². The van der Waals surface area contributed by atoms with Crippen molar-refractivity contribution in [2.75, 3.05) is 37.6 Å². The standard InChI is InChI=1S/C14H21FN4O/c15-12-4-1-2-5-13(12)19-10-8-18(9-11-19)7-3-6-14(20)17-16/h1-2,4-5H,3,6-11,16H2,(H,17,20). The Hall–Kier alpha value is -1.66. The third-order valence-electron chi connectivity index (χ3n) is 3.60. The molecule has 0 saturated carbocycles. The van der Waals surface area contributed by atoms with Crippen LogP contribution in [0.5, 0.6) is 0 Å². The molecule has 0 aliphatic carbocycles. The van der Waals surface area contributed by atoms with Gasteiger partial charge >= 0.3 is 0 Å². The van der Waals surface area contributed by atoms with Gasteiger partial charge in [0.05, 0.1) is 5.69 Å². The molecule has 1 aliphatic rings. The van der Waals surface area contributed by atoms with Gasteiger partial charge in [0.15, 0.2) is 0 Å². The molecule has 0 radical (unpaired) electrons. The Morgan fingerprint density at radius 1 is 1.25 bits per heavy atom. The number of benzene rings is 1. The number of halogens is 1. The van der Waals surface area contributed by atoms with Crippen LogP contribution in [0.15, 0.2) is 24.3 Å². The molecule has 1 amide bonds. The minimum atomic E-state index is -0.166. The fraction of sp³-hybridized carbons (Fsp3) is 0.500. The van der Waals surface area contributed by atoms with Crippen LogP contribution >= 0.6 is 0 Å². The predicted octanol–water partition coefficient (Wildman–Crippen LogP) is 0.718. The first-order valence-electron chi connectivity index (χ1n) is 6.92. The molecule has 110 valence electrons. The third kappa shape index (κ3) is 3.91. The van der Waals surface area contributed by atoms with E-state index >= 15 is 0 Å². The molecule has 0 atom stereocenters. The minimum absolute atomic E-state index is 0.130. The molecule has 20 heavy (non-hydrogen) atoms. The van der Waals surface area contributed by atoms with Crippen LogP contribution < -0.4 is 16.2 Å². The maximum absolute atomic E-state index is 13.7. The number of nitrogens with two attached hydrogens (primary N) is 1. The van der Waals surface area contributed by atoms with Gasteiger partial charge in [-0.3, -0.25) is 15.1 Å². The van der Waals surface area contributed by atoms with Gasteiger partial charge in [0.25, 0.3) is 0 Å². The average Bonchev–Trinajstić information content (AvgIpc) is 2.48. The number of nitrogens with zero attached hydrogens (tertiary/aromatic N) is 2. The van der Waals surface area contributed by atoms with Gasteiger partial charge in [0.2, 0.25) is 5.91 Å². The van der Waals surface area contributed by atoms with E-state index in [0.29, 0.717) is 12.1 Å². The largest absolute Gasteiger partial charge is 0.367 e. The summed E-state index contributed by atoms with van der Waals surface area (Å²) in [6, 6.07) is 6.87. The van der Waals surface area contributed by atoms with Crippen LogP contribution in [0.3, 0.4) is 0 Å². The van der Waals surface area contributed by atoms with Gasteiger partial charge in [0.1, 0.15) is 5.82 Å². The van der Waals surface area contributed by atoms with Crippen molar-refractivity contribution in [1.29, 1.82) is 0 Å². The number of carbonyl (C=O) groups is 1. The molecule has 1 aromatic rings. The van der Waals surface area contributed by atoms with Crippen LogP contribution in [0.4, 0.5) is 10.1 Å². The second-order valence-electron chi connectivity index (χ2n) is 4.95. The molecule has 1 heterocycles. The highest BCUT2D eigenvalue weighted by Gasteiger charge is 2.18. The quantitative estimate of drug-likeness (QED) is 0.474. The van der Waals surface area contributed by atoms with Gasteiger partial charge in [-0.1, -0.05) is 12.1 Å². The molecule has 1 saturated heterocycles. The zero-order valence-corrected chi connectivity index (χ0v) is 11.5.